The highest BCUT2D eigenvalue weighted by Crippen LogP contribution is 2.10. The van der Waals surface area contributed by atoms with Gasteiger partial charge >= 0.3 is 0 Å². The number of hydrogen-bond acceptors (Lipinski definition) is 4. The molecule has 102 valence electrons. The summed E-state index contributed by atoms with van der Waals surface area (Å²) in [7, 11) is -2.84. The van der Waals surface area contributed by atoms with Gasteiger partial charge in [-0.25, -0.2) is 8.42 Å². The van der Waals surface area contributed by atoms with Gasteiger partial charge in [0.25, 0.3) is 0 Å². The first kappa shape index (κ1) is 14.9. The predicted octanol–water partition coefficient (Wildman–Crippen LogP) is 0.884. The van der Waals surface area contributed by atoms with Crippen molar-refractivity contribution in [2.24, 2.45) is 0 Å². The van der Waals surface area contributed by atoms with Crippen LogP contribution in [0.2, 0.25) is 0 Å². The smallest absolute Gasteiger partial charge is 0.151 e. The first-order valence-corrected chi connectivity index (χ1v) is 8.48. The van der Waals surface area contributed by atoms with Gasteiger partial charge in [0, 0.05) is 37.5 Å². The number of rotatable bonds is 6. The average Bonchev–Trinajstić information content (AvgIpc) is 2.27. The van der Waals surface area contributed by atoms with Crippen molar-refractivity contribution in [3.05, 3.63) is 0 Å². The van der Waals surface area contributed by atoms with Crippen LogP contribution in [0.4, 0.5) is 0 Å². The van der Waals surface area contributed by atoms with Crippen LogP contribution >= 0.6 is 0 Å². The topological polar surface area (TPSA) is 49.4 Å². The van der Waals surface area contributed by atoms with Crippen molar-refractivity contribution >= 4 is 9.84 Å². The molecule has 1 aliphatic heterocycles. The van der Waals surface area contributed by atoms with Gasteiger partial charge in [-0.05, 0) is 19.8 Å². The van der Waals surface area contributed by atoms with Gasteiger partial charge in [-0.1, -0.05) is 13.8 Å². The zero-order valence-electron chi connectivity index (χ0n) is 11.3. The molecule has 0 amide bonds. The predicted molar refractivity (Wildman–Crippen MR) is 72.1 cm³/mol. The summed E-state index contributed by atoms with van der Waals surface area (Å²) >= 11 is 0. The molecule has 0 aromatic rings. The van der Waals surface area contributed by atoms with Gasteiger partial charge in [0.05, 0.1) is 5.75 Å². The van der Waals surface area contributed by atoms with E-state index in [1.165, 1.54) is 0 Å². The molecule has 0 aliphatic carbocycles. The largest absolute Gasteiger partial charge is 0.311 e. The standard InChI is InChI=1S/C12H26N2O2S/c1-4-7-17(15,16)8-6-14-10-11(3)13-9-12(14)5-2/h11-13H,4-10H2,1-3H3. The summed E-state index contributed by atoms with van der Waals surface area (Å²) < 4.78 is 23.4. The molecule has 0 bridgehead atoms. The first-order valence-electron chi connectivity index (χ1n) is 6.66. The van der Waals surface area contributed by atoms with Crippen molar-refractivity contribution in [2.45, 2.75) is 45.7 Å². The fraction of sp³-hybridized carbons (Fsp3) is 1.00. The Balaban J connectivity index is 2.48. The van der Waals surface area contributed by atoms with Crippen LogP contribution in [0.1, 0.15) is 33.6 Å². The normalized spacial score (nSPS) is 27.2. The van der Waals surface area contributed by atoms with E-state index in [1.807, 2.05) is 6.92 Å². The van der Waals surface area contributed by atoms with Gasteiger partial charge in [-0.15, -0.1) is 0 Å². The molecule has 0 spiro atoms. The van der Waals surface area contributed by atoms with Crippen molar-refractivity contribution in [1.82, 2.24) is 10.2 Å². The summed E-state index contributed by atoms with van der Waals surface area (Å²) in [6.45, 7) is 8.85. The lowest BCUT2D eigenvalue weighted by atomic mass is 10.1. The van der Waals surface area contributed by atoms with Gasteiger partial charge in [0.1, 0.15) is 0 Å². The third kappa shape index (κ3) is 4.94. The summed E-state index contributed by atoms with van der Waals surface area (Å²) in [5, 5.41) is 3.44. The molecule has 1 heterocycles. The Labute approximate surface area is 106 Å². The maximum Gasteiger partial charge on any atom is 0.151 e. The lowest BCUT2D eigenvalue weighted by Gasteiger charge is -2.38. The second-order valence-electron chi connectivity index (χ2n) is 5.02. The minimum atomic E-state index is -2.84. The highest BCUT2D eigenvalue weighted by Gasteiger charge is 2.25. The maximum atomic E-state index is 11.7. The fourth-order valence-electron chi connectivity index (χ4n) is 2.38. The van der Waals surface area contributed by atoms with E-state index >= 15 is 0 Å². The molecule has 4 nitrogen and oxygen atoms in total. The number of hydrogen-bond donors (Lipinski definition) is 1. The molecule has 0 aromatic heterocycles. The molecule has 1 N–H and O–H groups in total. The summed E-state index contributed by atoms with van der Waals surface area (Å²) in [6.07, 6.45) is 1.80. The lowest BCUT2D eigenvalue weighted by molar-refractivity contribution is 0.140. The maximum absolute atomic E-state index is 11.7. The van der Waals surface area contributed by atoms with Crippen LogP contribution in [0.15, 0.2) is 0 Å². The van der Waals surface area contributed by atoms with Crippen molar-refractivity contribution in [3.8, 4) is 0 Å². The molecule has 0 aromatic carbocycles. The van der Waals surface area contributed by atoms with E-state index in [-0.39, 0.29) is 0 Å². The quantitative estimate of drug-likeness (QED) is 0.772. The van der Waals surface area contributed by atoms with E-state index in [0.29, 0.717) is 30.1 Å². The van der Waals surface area contributed by atoms with E-state index in [0.717, 1.165) is 25.9 Å². The lowest BCUT2D eigenvalue weighted by Crippen LogP contribution is -2.56. The minimum Gasteiger partial charge on any atom is -0.311 e. The van der Waals surface area contributed by atoms with Crippen LogP contribution in [-0.4, -0.2) is 56.5 Å². The highest BCUT2D eigenvalue weighted by molar-refractivity contribution is 7.91. The molecule has 0 radical (unpaired) electrons. The Morgan fingerprint density at radius 1 is 1.29 bits per heavy atom. The molecule has 0 saturated carbocycles. The van der Waals surface area contributed by atoms with E-state index < -0.39 is 9.84 Å². The zero-order valence-corrected chi connectivity index (χ0v) is 12.1. The molecule has 1 fully saturated rings. The molecular formula is C12H26N2O2S. The minimum absolute atomic E-state index is 0.310. The van der Waals surface area contributed by atoms with E-state index in [2.05, 4.69) is 24.1 Å². The molecule has 1 rings (SSSR count). The third-order valence-corrected chi connectivity index (χ3v) is 5.24. The van der Waals surface area contributed by atoms with Crippen LogP contribution in [0, 0.1) is 0 Å². The van der Waals surface area contributed by atoms with Crippen molar-refractivity contribution in [3.63, 3.8) is 0 Å². The Morgan fingerprint density at radius 2 is 2.00 bits per heavy atom. The van der Waals surface area contributed by atoms with Gasteiger partial charge < -0.3 is 5.32 Å². The van der Waals surface area contributed by atoms with Gasteiger partial charge in [0.2, 0.25) is 0 Å². The molecule has 2 unspecified atom stereocenters. The third-order valence-electron chi connectivity index (χ3n) is 3.40. The number of nitrogens with one attached hydrogen (secondary N) is 1. The Hall–Kier alpha value is -0.130. The number of piperazine rings is 1. The summed E-state index contributed by atoms with van der Waals surface area (Å²) in [4.78, 5) is 2.33. The summed E-state index contributed by atoms with van der Waals surface area (Å²) in [6, 6.07) is 0.953. The van der Waals surface area contributed by atoms with Gasteiger partial charge in [-0.2, -0.15) is 0 Å². The second-order valence-corrected chi connectivity index (χ2v) is 7.32. The van der Waals surface area contributed by atoms with Gasteiger partial charge in [0.15, 0.2) is 9.84 Å². The van der Waals surface area contributed by atoms with Crippen LogP contribution in [-0.2, 0) is 9.84 Å². The molecule has 17 heavy (non-hydrogen) atoms. The van der Waals surface area contributed by atoms with Crippen LogP contribution < -0.4 is 5.32 Å². The summed E-state index contributed by atoms with van der Waals surface area (Å²) in [5.74, 6) is 0.634. The second kappa shape index (κ2) is 6.71. The van der Waals surface area contributed by atoms with E-state index in [1.54, 1.807) is 0 Å². The molecule has 5 heteroatoms. The van der Waals surface area contributed by atoms with E-state index in [4.69, 9.17) is 0 Å². The van der Waals surface area contributed by atoms with Crippen molar-refractivity contribution < 1.29 is 8.42 Å². The number of nitrogens with zero attached hydrogens (tertiary/aromatic N) is 1. The molecule has 1 saturated heterocycles. The number of sulfone groups is 1. The van der Waals surface area contributed by atoms with Gasteiger partial charge in [-0.3, -0.25) is 4.90 Å². The molecule has 2 atom stereocenters. The Kier molecular flexibility index (Phi) is 5.89. The molecular weight excluding hydrogens is 236 g/mol. The van der Waals surface area contributed by atoms with Crippen molar-refractivity contribution in [2.75, 3.05) is 31.1 Å². The van der Waals surface area contributed by atoms with Crippen LogP contribution in [0.5, 0.6) is 0 Å². The summed E-state index contributed by atoms with van der Waals surface area (Å²) in [5.41, 5.74) is 0. The average molecular weight is 262 g/mol. The Morgan fingerprint density at radius 3 is 2.59 bits per heavy atom. The SMILES string of the molecule is CCCS(=O)(=O)CCN1CC(C)NCC1CC. The molecule has 1 aliphatic rings. The van der Waals surface area contributed by atoms with E-state index in [9.17, 15) is 8.42 Å². The highest BCUT2D eigenvalue weighted by atomic mass is 32.2. The monoisotopic (exact) mass is 262 g/mol. The first-order chi connectivity index (χ1) is 7.98. The zero-order chi connectivity index (χ0) is 12.9. The fourth-order valence-corrected chi connectivity index (χ4v) is 3.72. The van der Waals surface area contributed by atoms with Crippen molar-refractivity contribution in [1.29, 1.82) is 0 Å². The Bertz CT molecular complexity index is 316. The van der Waals surface area contributed by atoms with Crippen LogP contribution in [0.3, 0.4) is 0 Å². The van der Waals surface area contributed by atoms with Crippen LogP contribution in [0.25, 0.3) is 0 Å².